The summed E-state index contributed by atoms with van der Waals surface area (Å²) in [5, 5.41) is 5.88. The molecule has 0 aliphatic rings. The SMILES string of the molecule is COc1ccc(-c2csc(NC(=O)c3cccc(SC(C)C)c3)n2)cc1. The van der Waals surface area contributed by atoms with Gasteiger partial charge in [0.15, 0.2) is 5.13 Å². The highest BCUT2D eigenvalue weighted by Gasteiger charge is 2.11. The molecule has 3 rings (SSSR count). The zero-order valence-corrected chi connectivity index (χ0v) is 16.5. The van der Waals surface area contributed by atoms with Crippen molar-refractivity contribution in [1.82, 2.24) is 4.98 Å². The first-order valence-electron chi connectivity index (χ1n) is 8.23. The maximum Gasteiger partial charge on any atom is 0.257 e. The molecule has 0 fully saturated rings. The number of thioether (sulfide) groups is 1. The van der Waals surface area contributed by atoms with Crippen LogP contribution in [0.3, 0.4) is 0 Å². The van der Waals surface area contributed by atoms with Crippen LogP contribution in [0.25, 0.3) is 11.3 Å². The zero-order valence-electron chi connectivity index (χ0n) is 14.9. The van der Waals surface area contributed by atoms with Crippen LogP contribution >= 0.6 is 23.1 Å². The van der Waals surface area contributed by atoms with E-state index in [1.807, 2.05) is 53.9 Å². The van der Waals surface area contributed by atoms with Crippen molar-refractivity contribution < 1.29 is 9.53 Å². The molecule has 4 nitrogen and oxygen atoms in total. The van der Waals surface area contributed by atoms with Gasteiger partial charge in [-0.1, -0.05) is 19.9 Å². The number of carbonyl (C=O) groups excluding carboxylic acids is 1. The smallest absolute Gasteiger partial charge is 0.257 e. The van der Waals surface area contributed by atoms with Gasteiger partial charge in [0.05, 0.1) is 12.8 Å². The van der Waals surface area contributed by atoms with Gasteiger partial charge in [-0.3, -0.25) is 10.1 Å². The van der Waals surface area contributed by atoms with Crippen LogP contribution in [0.15, 0.2) is 58.8 Å². The minimum absolute atomic E-state index is 0.146. The quantitative estimate of drug-likeness (QED) is 0.564. The maximum absolute atomic E-state index is 12.5. The van der Waals surface area contributed by atoms with E-state index < -0.39 is 0 Å². The second kappa shape index (κ2) is 8.38. The van der Waals surface area contributed by atoms with E-state index in [2.05, 4.69) is 24.1 Å². The number of hydrogen-bond donors (Lipinski definition) is 1. The molecule has 1 heterocycles. The summed E-state index contributed by atoms with van der Waals surface area (Å²) in [7, 11) is 1.64. The first kappa shape index (κ1) is 18.5. The monoisotopic (exact) mass is 384 g/mol. The Morgan fingerprint density at radius 2 is 1.96 bits per heavy atom. The predicted molar refractivity (Wildman–Crippen MR) is 109 cm³/mol. The number of aromatic nitrogens is 1. The standard InChI is InChI=1S/C20H20N2O2S2/c1-13(2)26-17-6-4-5-15(11-17)19(23)22-20-21-18(12-25-20)14-7-9-16(24-3)10-8-14/h4-13H,1-3H3,(H,21,22,23). The molecule has 1 amide bonds. The lowest BCUT2D eigenvalue weighted by Gasteiger charge is -2.07. The normalized spacial score (nSPS) is 10.8. The van der Waals surface area contributed by atoms with E-state index in [0.29, 0.717) is 15.9 Å². The van der Waals surface area contributed by atoms with Gasteiger partial charge in [0.1, 0.15) is 5.75 Å². The van der Waals surface area contributed by atoms with Crippen LogP contribution in [-0.2, 0) is 0 Å². The van der Waals surface area contributed by atoms with E-state index >= 15 is 0 Å². The van der Waals surface area contributed by atoms with Crippen molar-refractivity contribution in [3.8, 4) is 17.0 Å². The largest absolute Gasteiger partial charge is 0.497 e. The number of thiazole rings is 1. The van der Waals surface area contributed by atoms with Crippen LogP contribution in [0.5, 0.6) is 5.75 Å². The van der Waals surface area contributed by atoms with E-state index in [4.69, 9.17) is 4.74 Å². The molecule has 0 radical (unpaired) electrons. The molecule has 1 N–H and O–H groups in total. The van der Waals surface area contributed by atoms with Crippen LogP contribution < -0.4 is 10.1 Å². The molecule has 2 aromatic carbocycles. The Hall–Kier alpha value is -2.31. The molecule has 6 heteroatoms. The van der Waals surface area contributed by atoms with Crippen molar-refractivity contribution >= 4 is 34.1 Å². The number of methoxy groups -OCH3 is 1. The molecular formula is C20H20N2O2S2. The Labute approximate surface area is 161 Å². The minimum Gasteiger partial charge on any atom is -0.497 e. The molecule has 3 aromatic rings. The number of ether oxygens (including phenoxy) is 1. The number of hydrogen-bond acceptors (Lipinski definition) is 5. The number of amides is 1. The lowest BCUT2D eigenvalue weighted by molar-refractivity contribution is 0.102. The number of nitrogens with zero attached hydrogens (tertiary/aromatic N) is 1. The van der Waals surface area contributed by atoms with Crippen molar-refractivity contribution in [3.05, 3.63) is 59.5 Å². The summed E-state index contributed by atoms with van der Waals surface area (Å²) >= 11 is 3.15. The highest BCUT2D eigenvalue weighted by atomic mass is 32.2. The predicted octanol–water partition coefficient (Wildman–Crippen LogP) is 5.57. The van der Waals surface area contributed by atoms with Crippen LogP contribution in [0, 0.1) is 0 Å². The molecule has 0 aliphatic heterocycles. The molecule has 0 aliphatic carbocycles. The van der Waals surface area contributed by atoms with E-state index in [0.717, 1.165) is 21.9 Å². The van der Waals surface area contributed by atoms with E-state index in [-0.39, 0.29) is 5.91 Å². The number of anilines is 1. The summed E-state index contributed by atoms with van der Waals surface area (Å²) in [5.74, 6) is 0.656. The highest BCUT2D eigenvalue weighted by molar-refractivity contribution is 7.99. The van der Waals surface area contributed by atoms with Gasteiger partial charge in [0.25, 0.3) is 5.91 Å². The number of rotatable bonds is 6. The minimum atomic E-state index is -0.146. The van der Waals surface area contributed by atoms with E-state index in [1.54, 1.807) is 18.9 Å². The van der Waals surface area contributed by atoms with Crippen molar-refractivity contribution in [2.24, 2.45) is 0 Å². The Bertz CT molecular complexity index is 889. The lowest BCUT2D eigenvalue weighted by atomic mass is 10.2. The van der Waals surface area contributed by atoms with Gasteiger partial charge < -0.3 is 4.74 Å². The topological polar surface area (TPSA) is 51.2 Å². The summed E-state index contributed by atoms with van der Waals surface area (Å²) in [5.41, 5.74) is 2.45. The van der Waals surface area contributed by atoms with Crippen LogP contribution in [0.2, 0.25) is 0 Å². The van der Waals surface area contributed by atoms with Gasteiger partial charge in [-0.2, -0.15) is 0 Å². The van der Waals surface area contributed by atoms with Gasteiger partial charge in [-0.05, 0) is 42.5 Å². The third kappa shape index (κ3) is 4.65. The second-order valence-corrected chi connectivity index (χ2v) is 8.42. The Morgan fingerprint density at radius 3 is 2.65 bits per heavy atom. The van der Waals surface area contributed by atoms with Gasteiger partial charge in [0.2, 0.25) is 0 Å². The van der Waals surface area contributed by atoms with Crippen molar-refractivity contribution in [3.63, 3.8) is 0 Å². The summed E-state index contributed by atoms with van der Waals surface area (Å²) in [6.07, 6.45) is 0. The number of benzene rings is 2. The zero-order chi connectivity index (χ0) is 18.5. The van der Waals surface area contributed by atoms with E-state index in [9.17, 15) is 4.79 Å². The first-order chi connectivity index (χ1) is 12.5. The van der Waals surface area contributed by atoms with Crippen LogP contribution in [0.1, 0.15) is 24.2 Å². The third-order valence-electron chi connectivity index (χ3n) is 3.58. The van der Waals surface area contributed by atoms with Crippen molar-refractivity contribution in [2.75, 3.05) is 12.4 Å². The molecule has 0 atom stereocenters. The fourth-order valence-electron chi connectivity index (χ4n) is 2.38. The highest BCUT2D eigenvalue weighted by Crippen LogP contribution is 2.27. The molecule has 134 valence electrons. The first-order valence-corrected chi connectivity index (χ1v) is 9.99. The second-order valence-electron chi connectivity index (χ2n) is 5.91. The summed E-state index contributed by atoms with van der Waals surface area (Å²) in [4.78, 5) is 18.1. The van der Waals surface area contributed by atoms with Crippen LogP contribution in [-0.4, -0.2) is 23.3 Å². The summed E-state index contributed by atoms with van der Waals surface area (Å²) in [6, 6.07) is 15.3. The Morgan fingerprint density at radius 1 is 1.19 bits per heavy atom. The van der Waals surface area contributed by atoms with Gasteiger partial charge in [-0.25, -0.2) is 4.98 Å². The summed E-state index contributed by atoms with van der Waals surface area (Å²) < 4.78 is 5.17. The molecule has 1 aromatic heterocycles. The van der Waals surface area contributed by atoms with Gasteiger partial charge >= 0.3 is 0 Å². The molecule has 0 unspecified atom stereocenters. The fourth-order valence-corrected chi connectivity index (χ4v) is 3.99. The number of nitrogens with one attached hydrogen (secondary N) is 1. The molecule has 0 spiro atoms. The van der Waals surface area contributed by atoms with Gasteiger partial charge in [0, 0.05) is 26.7 Å². The summed E-state index contributed by atoms with van der Waals surface area (Å²) in [6.45, 7) is 4.27. The van der Waals surface area contributed by atoms with Crippen molar-refractivity contribution in [1.29, 1.82) is 0 Å². The molecule has 0 saturated carbocycles. The average Bonchev–Trinajstić information content (AvgIpc) is 3.10. The lowest BCUT2D eigenvalue weighted by Crippen LogP contribution is -2.11. The van der Waals surface area contributed by atoms with Crippen LogP contribution in [0.4, 0.5) is 5.13 Å². The molecular weight excluding hydrogens is 364 g/mol. The fraction of sp³-hybridized carbons (Fsp3) is 0.200. The molecule has 0 saturated heterocycles. The van der Waals surface area contributed by atoms with E-state index in [1.165, 1.54) is 11.3 Å². The third-order valence-corrected chi connectivity index (χ3v) is 5.33. The Kier molecular flexibility index (Phi) is 5.96. The number of carbonyl (C=O) groups is 1. The maximum atomic E-state index is 12.5. The van der Waals surface area contributed by atoms with Crippen molar-refractivity contribution in [2.45, 2.75) is 24.0 Å². The molecule has 26 heavy (non-hydrogen) atoms. The average molecular weight is 385 g/mol. The molecule has 0 bridgehead atoms. The Balaban J connectivity index is 1.71. The van der Waals surface area contributed by atoms with Gasteiger partial charge in [-0.15, -0.1) is 23.1 Å².